The minimum atomic E-state index is -0.875. The van der Waals surface area contributed by atoms with Gasteiger partial charge in [0.05, 0.1) is 5.75 Å². The number of thioether (sulfide) groups is 1. The maximum absolute atomic E-state index is 11.0. The minimum absolute atomic E-state index is 0.0197. The molecule has 98 valence electrons. The van der Waals surface area contributed by atoms with E-state index in [9.17, 15) is 9.59 Å². The van der Waals surface area contributed by atoms with Crippen molar-refractivity contribution in [2.45, 2.75) is 23.2 Å². The van der Waals surface area contributed by atoms with Crippen LogP contribution < -0.4 is 10.6 Å². The Kier molecular flexibility index (Phi) is 4.37. The number of rotatable bonds is 5. The SMILES string of the molecule is O=C(O)CSc1nnc(NC2CCC(=O)NC2)s1. The zero-order valence-electron chi connectivity index (χ0n) is 9.38. The van der Waals surface area contributed by atoms with Crippen molar-refractivity contribution < 1.29 is 14.7 Å². The Labute approximate surface area is 111 Å². The molecule has 9 heteroatoms. The van der Waals surface area contributed by atoms with Gasteiger partial charge in [0.15, 0.2) is 4.34 Å². The number of aliphatic carboxylic acids is 1. The van der Waals surface area contributed by atoms with E-state index in [2.05, 4.69) is 20.8 Å². The molecule has 1 aromatic rings. The van der Waals surface area contributed by atoms with Gasteiger partial charge in [0.1, 0.15) is 0 Å². The van der Waals surface area contributed by atoms with Crippen molar-refractivity contribution in [2.75, 3.05) is 17.6 Å². The lowest BCUT2D eigenvalue weighted by atomic mass is 10.1. The van der Waals surface area contributed by atoms with Crippen LogP contribution in [0.1, 0.15) is 12.8 Å². The summed E-state index contributed by atoms with van der Waals surface area (Å²) >= 11 is 2.47. The van der Waals surface area contributed by atoms with E-state index in [1.807, 2.05) is 0 Å². The molecule has 1 aliphatic heterocycles. The smallest absolute Gasteiger partial charge is 0.313 e. The molecule has 1 unspecified atom stereocenters. The van der Waals surface area contributed by atoms with E-state index in [4.69, 9.17) is 5.11 Å². The van der Waals surface area contributed by atoms with E-state index in [1.54, 1.807) is 0 Å². The molecular formula is C9H12N4O3S2. The van der Waals surface area contributed by atoms with Crippen molar-refractivity contribution in [1.82, 2.24) is 15.5 Å². The predicted octanol–water partition coefficient (Wildman–Crippen LogP) is 0.405. The van der Waals surface area contributed by atoms with Gasteiger partial charge in [0.25, 0.3) is 0 Å². The van der Waals surface area contributed by atoms with Crippen LogP contribution in [0.25, 0.3) is 0 Å². The zero-order valence-corrected chi connectivity index (χ0v) is 11.0. The first-order valence-electron chi connectivity index (χ1n) is 5.35. The maximum Gasteiger partial charge on any atom is 0.313 e. The Morgan fingerprint density at radius 1 is 1.61 bits per heavy atom. The normalized spacial score (nSPS) is 19.3. The van der Waals surface area contributed by atoms with E-state index in [0.29, 0.717) is 22.4 Å². The predicted molar refractivity (Wildman–Crippen MR) is 67.9 cm³/mol. The minimum Gasteiger partial charge on any atom is -0.481 e. The summed E-state index contributed by atoms with van der Waals surface area (Å²) in [6, 6.07) is 0.160. The molecule has 1 fully saturated rings. The molecule has 18 heavy (non-hydrogen) atoms. The third-order valence-electron chi connectivity index (χ3n) is 2.32. The number of aromatic nitrogens is 2. The van der Waals surface area contributed by atoms with Gasteiger partial charge in [-0.2, -0.15) is 0 Å². The molecule has 0 saturated carbocycles. The lowest BCUT2D eigenvalue weighted by molar-refractivity contribution is -0.134. The number of nitrogens with zero attached hydrogens (tertiary/aromatic N) is 2. The Hall–Kier alpha value is -1.35. The summed E-state index contributed by atoms with van der Waals surface area (Å²) in [5.74, 6) is -0.823. The van der Waals surface area contributed by atoms with Crippen molar-refractivity contribution in [3.63, 3.8) is 0 Å². The molecule has 1 atom stereocenters. The van der Waals surface area contributed by atoms with Crippen LogP contribution in [0.15, 0.2) is 4.34 Å². The number of carboxylic acids is 1. The van der Waals surface area contributed by atoms with Crippen LogP contribution >= 0.6 is 23.1 Å². The molecule has 0 aromatic carbocycles. The summed E-state index contributed by atoms with van der Waals surface area (Å²) in [5, 5.41) is 23.0. The molecule has 1 saturated heterocycles. The summed E-state index contributed by atoms with van der Waals surface area (Å²) in [6.07, 6.45) is 1.28. The Morgan fingerprint density at radius 3 is 3.11 bits per heavy atom. The fourth-order valence-corrected chi connectivity index (χ4v) is 3.03. The van der Waals surface area contributed by atoms with Gasteiger partial charge in [-0.25, -0.2) is 0 Å². The third kappa shape index (κ3) is 3.84. The lowest BCUT2D eigenvalue weighted by Gasteiger charge is -2.22. The van der Waals surface area contributed by atoms with Crippen LogP contribution in [0, 0.1) is 0 Å². The molecule has 2 rings (SSSR count). The van der Waals surface area contributed by atoms with E-state index in [-0.39, 0.29) is 17.7 Å². The summed E-state index contributed by atoms with van der Waals surface area (Å²) in [7, 11) is 0. The molecule has 1 aliphatic rings. The number of nitrogens with one attached hydrogen (secondary N) is 2. The van der Waals surface area contributed by atoms with Crippen molar-refractivity contribution in [2.24, 2.45) is 0 Å². The molecule has 0 radical (unpaired) electrons. The third-order valence-corrected chi connectivity index (χ3v) is 4.29. The maximum atomic E-state index is 11.0. The summed E-state index contributed by atoms with van der Waals surface area (Å²) in [4.78, 5) is 21.4. The fraction of sp³-hybridized carbons (Fsp3) is 0.556. The number of amides is 1. The van der Waals surface area contributed by atoms with Crippen LogP contribution in [0.4, 0.5) is 5.13 Å². The van der Waals surface area contributed by atoms with Crippen LogP contribution in [0.5, 0.6) is 0 Å². The van der Waals surface area contributed by atoms with Crippen LogP contribution in [0.2, 0.25) is 0 Å². The largest absolute Gasteiger partial charge is 0.481 e. The van der Waals surface area contributed by atoms with Crippen LogP contribution in [0.3, 0.4) is 0 Å². The number of carboxylic acid groups (broad SMARTS) is 1. The van der Waals surface area contributed by atoms with E-state index in [1.165, 1.54) is 11.3 Å². The summed E-state index contributed by atoms with van der Waals surface area (Å²) < 4.78 is 0.625. The second kappa shape index (κ2) is 6.01. The van der Waals surface area contributed by atoms with Gasteiger partial charge >= 0.3 is 5.97 Å². The quantitative estimate of drug-likeness (QED) is 0.674. The number of hydrogen-bond donors (Lipinski definition) is 3. The first-order valence-corrected chi connectivity index (χ1v) is 7.15. The average molecular weight is 288 g/mol. The van der Waals surface area contributed by atoms with Gasteiger partial charge in [-0.3, -0.25) is 9.59 Å². The Morgan fingerprint density at radius 2 is 2.44 bits per heavy atom. The van der Waals surface area contributed by atoms with Crippen LogP contribution in [-0.4, -0.2) is 45.5 Å². The number of carbonyl (C=O) groups is 2. The molecular weight excluding hydrogens is 276 g/mol. The molecule has 1 aromatic heterocycles. The molecule has 0 bridgehead atoms. The molecule has 7 nitrogen and oxygen atoms in total. The molecule has 0 spiro atoms. The average Bonchev–Trinajstić information content (AvgIpc) is 2.77. The molecule has 3 N–H and O–H groups in total. The zero-order chi connectivity index (χ0) is 13.0. The highest BCUT2D eigenvalue weighted by atomic mass is 32.2. The molecule has 2 heterocycles. The highest BCUT2D eigenvalue weighted by Crippen LogP contribution is 2.26. The van der Waals surface area contributed by atoms with Crippen LogP contribution in [-0.2, 0) is 9.59 Å². The number of carbonyl (C=O) groups excluding carboxylic acids is 1. The topological polar surface area (TPSA) is 104 Å². The first-order chi connectivity index (χ1) is 8.63. The standard InChI is InChI=1S/C9H12N4O3S2/c14-6-2-1-5(3-10-6)11-8-12-13-9(18-8)17-4-7(15)16/h5H,1-4H2,(H,10,14)(H,11,12)(H,15,16). The summed E-state index contributed by atoms with van der Waals surface area (Å²) in [5.41, 5.74) is 0. The number of piperidine rings is 1. The molecule has 0 aliphatic carbocycles. The van der Waals surface area contributed by atoms with E-state index >= 15 is 0 Å². The van der Waals surface area contributed by atoms with Gasteiger partial charge in [-0.1, -0.05) is 23.1 Å². The van der Waals surface area contributed by atoms with Crippen molar-refractivity contribution in [1.29, 1.82) is 0 Å². The van der Waals surface area contributed by atoms with Crippen molar-refractivity contribution in [3.8, 4) is 0 Å². The van der Waals surface area contributed by atoms with Gasteiger partial charge in [-0.05, 0) is 6.42 Å². The van der Waals surface area contributed by atoms with Gasteiger partial charge in [0.2, 0.25) is 11.0 Å². The summed E-state index contributed by atoms with van der Waals surface area (Å²) in [6.45, 7) is 0.579. The second-order valence-electron chi connectivity index (χ2n) is 3.74. The van der Waals surface area contributed by atoms with Gasteiger partial charge in [0, 0.05) is 19.0 Å². The Bertz CT molecular complexity index is 441. The monoisotopic (exact) mass is 288 g/mol. The lowest BCUT2D eigenvalue weighted by Crippen LogP contribution is -2.41. The van der Waals surface area contributed by atoms with Crippen molar-refractivity contribution in [3.05, 3.63) is 0 Å². The van der Waals surface area contributed by atoms with E-state index in [0.717, 1.165) is 18.2 Å². The number of anilines is 1. The highest BCUT2D eigenvalue weighted by Gasteiger charge is 2.19. The van der Waals surface area contributed by atoms with Gasteiger partial charge in [-0.15, -0.1) is 10.2 Å². The van der Waals surface area contributed by atoms with Crippen molar-refractivity contribution >= 4 is 40.1 Å². The van der Waals surface area contributed by atoms with Gasteiger partial charge < -0.3 is 15.7 Å². The highest BCUT2D eigenvalue weighted by molar-refractivity contribution is 8.01. The molecule has 1 amide bonds. The second-order valence-corrected chi connectivity index (χ2v) is 5.94. The number of hydrogen-bond acceptors (Lipinski definition) is 7. The fourth-order valence-electron chi connectivity index (χ4n) is 1.48. The van der Waals surface area contributed by atoms with E-state index < -0.39 is 5.97 Å². The first kappa shape index (κ1) is 13.1. The Balaban J connectivity index is 1.82.